The lowest BCUT2D eigenvalue weighted by molar-refractivity contribution is -0.492. The third kappa shape index (κ3) is 9.59. The Morgan fingerprint density at radius 3 is 2.42 bits per heavy atom. The normalized spacial score (nSPS) is 29.4. The second-order valence-electron chi connectivity index (χ2n) is 15.1. The fraction of sp³-hybridized carbons (Fsp3) is 0.538. The quantitative estimate of drug-likeness (QED) is 0.0391. The van der Waals surface area contributed by atoms with E-state index in [1.165, 1.54) is 48.6 Å². The summed E-state index contributed by atoms with van der Waals surface area (Å²) < 4.78 is 37.3. The molecule has 0 bridgehead atoms. The molecule has 1 amide bonds. The number of benzene rings is 1. The van der Waals surface area contributed by atoms with Crippen molar-refractivity contribution in [3.63, 3.8) is 0 Å². The number of fused-ring (bicyclic) bond motifs is 5. The maximum Gasteiger partial charge on any atom is 0.513 e. The van der Waals surface area contributed by atoms with Gasteiger partial charge >= 0.3 is 24.2 Å². The number of alkyl carbamates (subject to hydrolysis) is 1. The number of aliphatic hydroxyl groups is 1. The average molecular weight is 803 g/mol. The number of esters is 1. The van der Waals surface area contributed by atoms with E-state index in [1.807, 2.05) is 12.2 Å². The van der Waals surface area contributed by atoms with E-state index in [9.17, 15) is 39.0 Å². The minimum atomic E-state index is -2.04. The highest BCUT2D eigenvalue weighted by atomic mass is 19.1. The Bertz CT molecular complexity index is 1800. The Hall–Kier alpha value is -5.01. The summed E-state index contributed by atoms with van der Waals surface area (Å²) in [5.41, 5.74) is -2.80. The SMILES string of the molecule is C[C@]12C[C@H](O)C3(F)[C@@H](CCC4=CC(=O)C=C[C@@]43C)C1CCC2C(=O)COC(=O)NC(COC(=O)Oc1ccc(/C=C/C(=O)OCCCCON(O)O)cc1)C(=O)O. The summed E-state index contributed by atoms with van der Waals surface area (Å²) in [6, 6.07) is 4.02. The van der Waals surface area contributed by atoms with Gasteiger partial charge in [-0.05, 0) is 99.1 Å². The fourth-order valence-corrected chi connectivity index (χ4v) is 8.99. The number of rotatable bonds is 16. The predicted molar refractivity (Wildman–Crippen MR) is 192 cm³/mol. The maximum atomic E-state index is 17.3. The third-order valence-corrected chi connectivity index (χ3v) is 11.8. The van der Waals surface area contributed by atoms with Gasteiger partial charge in [0.05, 0.1) is 24.7 Å². The number of unbranched alkanes of at least 4 members (excludes halogenated alkanes) is 1. The molecule has 18 heteroatoms. The van der Waals surface area contributed by atoms with Crippen molar-refractivity contribution in [2.24, 2.45) is 28.6 Å². The van der Waals surface area contributed by atoms with Gasteiger partial charge in [-0.2, -0.15) is 0 Å². The number of aliphatic hydroxyl groups excluding tert-OH is 1. The number of nitrogens with zero attached hydrogens (tertiary/aromatic N) is 1. The van der Waals surface area contributed by atoms with Gasteiger partial charge in [0.2, 0.25) is 0 Å². The molecule has 3 saturated carbocycles. The summed E-state index contributed by atoms with van der Waals surface area (Å²) in [4.78, 5) is 78.4. The molecule has 4 unspecified atom stereocenters. The number of carbonyl (C=O) groups excluding carboxylic acids is 5. The summed E-state index contributed by atoms with van der Waals surface area (Å²) in [5, 5.41) is 39.5. The number of alkyl halides is 1. The van der Waals surface area contributed by atoms with Gasteiger partial charge in [0.25, 0.3) is 0 Å². The standard InChI is InChI=1S/C39H47FN2O15/c1-37-20-32(45)39(40)28(11-8-24-19-25(43)15-16-38(24,39)2)27(37)12-13-29(37)31(44)22-54-35(49)41-30(34(47)48)21-55-36(50)57-26-9-5-23(6-10-26)7-14-33(46)53-17-3-4-18-56-42(51)52/h5-7,9-10,14-16,19,27-30,32,45,51-52H,3-4,8,11-13,17-18,20-22H2,1-2H3,(H,41,49)(H,47,48)/b14-7+/t27?,28-,29?,30?,32-,37-,38-,39?/m0/s1. The third-order valence-electron chi connectivity index (χ3n) is 11.8. The van der Waals surface area contributed by atoms with E-state index in [0.29, 0.717) is 49.7 Å². The zero-order valence-electron chi connectivity index (χ0n) is 31.5. The molecule has 0 aliphatic heterocycles. The first-order chi connectivity index (χ1) is 27.0. The molecule has 4 aliphatic rings. The summed E-state index contributed by atoms with van der Waals surface area (Å²) in [6.45, 7) is 2.11. The molecule has 0 saturated heterocycles. The molecule has 1 aromatic carbocycles. The van der Waals surface area contributed by atoms with Gasteiger partial charge in [0.15, 0.2) is 29.9 Å². The summed E-state index contributed by atoms with van der Waals surface area (Å²) >= 11 is 0. The van der Waals surface area contributed by atoms with Gasteiger partial charge in [-0.3, -0.25) is 24.8 Å². The number of nitrogens with one attached hydrogen (secondary N) is 1. The van der Waals surface area contributed by atoms with Gasteiger partial charge in [-0.1, -0.05) is 30.7 Å². The molecule has 3 fully saturated rings. The molecule has 1 aromatic rings. The molecule has 5 N–H and O–H groups in total. The van der Waals surface area contributed by atoms with Crippen LogP contribution < -0.4 is 10.1 Å². The van der Waals surface area contributed by atoms with E-state index in [0.717, 1.165) is 0 Å². The second kappa shape index (κ2) is 18.1. The Morgan fingerprint density at radius 2 is 1.72 bits per heavy atom. The van der Waals surface area contributed by atoms with Crippen LogP contribution in [0, 0.1) is 28.6 Å². The van der Waals surface area contributed by atoms with Crippen molar-refractivity contribution in [1.29, 1.82) is 0 Å². The first-order valence-corrected chi connectivity index (χ1v) is 18.6. The molecule has 5 rings (SSSR count). The number of aliphatic carboxylic acids is 1. The average Bonchev–Trinajstić information content (AvgIpc) is 3.50. The Kier molecular flexibility index (Phi) is 13.7. The molecule has 8 atom stereocenters. The van der Waals surface area contributed by atoms with Crippen molar-refractivity contribution in [1.82, 2.24) is 10.7 Å². The summed E-state index contributed by atoms with van der Waals surface area (Å²) in [6.07, 6.45) is 5.65. The van der Waals surface area contributed by atoms with Gasteiger partial charge < -0.3 is 34.5 Å². The fourth-order valence-electron chi connectivity index (χ4n) is 8.99. The molecule has 0 heterocycles. The Labute approximate surface area is 326 Å². The van der Waals surface area contributed by atoms with Gasteiger partial charge in [0, 0.05) is 23.3 Å². The topological polar surface area (TPSA) is 245 Å². The van der Waals surface area contributed by atoms with Crippen LogP contribution in [-0.2, 0) is 38.2 Å². The van der Waals surface area contributed by atoms with Crippen LogP contribution in [-0.4, -0.2) is 106 Å². The second-order valence-corrected chi connectivity index (χ2v) is 15.1. The van der Waals surface area contributed by atoms with Crippen LogP contribution in [0.25, 0.3) is 6.08 Å². The minimum Gasteiger partial charge on any atom is -0.480 e. The monoisotopic (exact) mass is 802 g/mol. The number of amides is 1. The van der Waals surface area contributed by atoms with Crippen LogP contribution in [0.3, 0.4) is 0 Å². The first-order valence-electron chi connectivity index (χ1n) is 18.6. The highest BCUT2D eigenvalue weighted by Gasteiger charge is 2.70. The molecule has 57 heavy (non-hydrogen) atoms. The zero-order chi connectivity index (χ0) is 41.5. The Morgan fingerprint density at radius 1 is 1.00 bits per heavy atom. The number of hydrogen-bond donors (Lipinski definition) is 5. The van der Waals surface area contributed by atoms with Crippen LogP contribution in [0.1, 0.15) is 64.4 Å². The lowest BCUT2D eigenvalue weighted by Gasteiger charge is -2.62. The van der Waals surface area contributed by atoms with Crippen molar-refractivity contribution in [3.8, 4) is 5.75 Å². The molecule has 0 radical (unpaired) electrons. The molecule has 0 spiro atoms. The summed E-state index contributed by atoms with van der Waals surface area (Å²) in [7, 11) is 0. The molecular formula is C39H47FN2O15. The summed E-state index contributed by atoms with van der Waals surface area (Å²) in [5.74, 6) is -4.32. The van der Waals surface area contributed by atoms with E-state index >= 15 is 4.39 Å². The number of ether oxygens (including phenoxy) is 4. The number of halogens is 1. The number of ketones is 2. The van der Waals surface area contributed by atoms with Crippen LogP contribution in [0.4, 0.5) is 14.0 Å². The van der Waals surface area contributed by atoms with Crippen molar-refractivity contribution < 1.29 is 77.6 Å². The van der Waals surface area contributed by atoms with E-state index in [1.54, 1.807) is 13.0 Å². The van der Waals surface area contributed by atoms with E-state index in [-0.39, 0.29) is 37.1 Å². The van der Waals surface area contributed by atoms with Crippen molar-refractivity contribution in [3.05, 3.63) is 59.7 Å². The molecule has 310 valence electrons. The van der Waals surface area contributed by atoms with Crippen molar-refractivity contribution in [2.75, 3.05) is 26.4 Å². The molecule has 4 aliphatic carbocycles. The van der Waals surface area contributed by atoms with Crippen LogP contribution in [0.15, 0.2) is 54.1 Å². The van der Waals surface area contributed by atoms with Crippen LogP contribution in [0.5, 0.6) is 5.75 Å². The molecule has 0 aromatic heterocycles. The van der Waals surface area contributed by atoms with Gasteiger partial charge in [0.1, 0.15) is 12.4 Å². The van der Waals surface area contributed by atoms with Crippen molar-refractivity contribution >= 4 is 41.8 Å². The van der Waals surface area contributed by atoms with E-state index in [2.05, 4.69) is 4.84 Å². The minimum absolute atomic E-state index is 0.0111. The number of allylic oxidation sites excluding steroid dienone is 4. The lowest BCUT2D eigenvalue weighted by atomic mass is 9.45. The largest absolute Gasteiger partial charge is 0.513 e. The number of Topliss-reactive ketones (excluding diaryl/α,β-unsaturated/α-hetero) is 1. The van der Waals surface area contributed by atoms with Gasteiger partial charge in [-0.25, -0.2) is 23.6 Å². The first kappa shape index (κ1) is 43.1. The molecule has 17 nitrogen and oxygen atoms in total. The predicted octanol–water partition coefficient (Wildman–Crippen LogP) is 4.29. The number of hydrogen-bond acceptors (Lipinski definition) is 15. The Balaban J connectivity index is 1.05. The zero-order valence-corrected chi connectivity index (χ0v) is 31.5. The lowest BCUT2D eigenvalue weighted by Crippen LogP contribution is -2.66. The maximum absolute atomic E-state index is 17.3. The number of carboxylic acid groups (broad SMARTS) is 1. The van der Waals surface area contributed by atoms with Gasteiger partial charge in [-0.15, -0.1) is 0 Å². The highest BCUT2D eigenvalue weighted by molar-refractivity contribution is 6.01. The van der Waals surface area contributed by atoms with Crippen LogP contribution in [0.2, 0.25) is 0 Å². The van der Waals surface area contributed by atoms with E-state index < -0.39 is 89.1 Å². The van der Waals surface area contributed by atoms with Crippen LogP contribution >= 0.6 is 0 Å². The van der Waals surface area contributed by atoms with E-state index in [4.69, 9.17) is 29.4 Å². The highest BCUT2D eigenvalue weighted by Crippen LogP contribution is 2.68. The van der Waals surface area contributed by atoms with Crippen molar-refractivity contribution in [2.45, 2.75) is 76.6 Å². The smallest absolute Gasteiger partial charge is 0.480 e. The number of carbonyl (C=O) groups is 6. The molecular weight excluding hydrogens is 755 g/mol. The number of carboxylic acids is 1.